The number of nitrogens with zero attached hydrogens (tertiary/aromatic N) is 1. The van der Waals surface area contributed by atoms with Crippen molar-refractivity contribution in [2.45, 2.75) is 6.92 Å². The van der Waals surface area contributed by atoms with Gasteiger partial charge < -0.3 is 10.1 Å². The third-order valence-electron chi connectivity index (χ3n) is 2.75. The van der Waals surface area contributed by atoms with E-state index in [-0.39, 0.29) is 5.91 Å². The number of esters is 1. The van der Waals surface area contributed by atoms with Gasteiger partial charge in [0.2, 0.25) is 5.91 Å². The van der Waals surface area contributed by atoms with Gasteiger partial charge in [0.05, 0.1) is 12.2 Å². The molecule has 0 saturated carbocycles. The van der Waals surface area contributed by atoms with Crippen LogP contribution in [0, 0.1) is 0 Å². The van der Waals surface area contributed by atoms with Crippen LogP contribution in [-0.4, -0.2) is 23.5 Å². The van der Waals surface area contributed by atoms with E-state index >= 15 is 0 Å². The predicted octanol–water partition coefficient (Wildman–Crippen LogP) is 2.91. The Morgan fingerprint density at radius 2 is 2.14 bits per heavy atom. The number of amides is 1. The molecule has 0 fully saturated rings. The van der Waals surface area contributed by atoms with Crippen molar-refractivity contribution in [1.82, 2.24) is 4.98 Å². The standard InChI is InChI=1S/C17H16N2O3/c1-2-22-17(21)14-6-3-7-15(11-14)19-16(20)9-8-13-5-4-10-18-12-13/h3-12H,2H2,1H3,(H,19,20)/b9-8+. The van der Waals surface area contributed by atoms with Crippen LogP contribution < -0.4 is 5.32 Å². The minimum absolute atomic E-state index is 0.287. The maximum Gasteiger partial charge on any atom is 0.338 e. The molecular formula is C17H16N2O3. The monoisotopic (exact) mass is 296 g/mol. The van der Waals surface area contributed by atoms with Gasteiger partial charge in [-0.15, -0.1) is 0 Å². The first-order valence-electron chi connectivity index (χ1n) is 6.85. The van der Waals surface area contributed by atoms with Crippen molar-refractivity contribution in [2.24, 2.45) is 0 Å². The lowest BCUT2D eigenvalue weighted by molar-refractivity contribution is -0.111. The minimum atomic E-state index is -0.412. The highest BCUT2D eigenvalue weighted by Crippen LogP contribution is 2.12. The molecule has 0 aliphatic rings. The van der Waals surface area contributed by atoms with Crippen molar-refractivity contribution in [2.75, 3.05) is 11.9 Å². The van der Waals surface area contributed by atoms with E-state index in [1.54, 1.807) is 55.7 Å². The van der Waals surface area contributed by atoms with Gasteiger partial charge in [-0.25, -0.2) is 4.79 Å². The predicted molar refractivity (Wildman–Crippen MR) is 84.3 cm³/mol. The molecule has 0 aliphatic carbocycles. The molecule has 0 radical (unpaired) electrons. The molecular weight excluding hydrogens is 280 g/mol. The molecule has 112 valence electrons. The van der Waals surface area contributed by atoms with Crippen molar-refractivity contribution >= 4 is 23.6 Å². The van der Waals surface area contributed by atoms with Crippen LogP contribution in [0.5, 0.6) is 0 Å². The lowest BCUT2D eigenvalue weighted by Gasteiger charge is -2.05. The van der Waals surface area contributed by atoms with E-state index in [2.05, 4.69) is 10.3 Å². The molecule has 0 saturated heterocycles. The van der Waals surface area contributed by atoms with Crippen LogP contribution in [0.4, 0.5) is 5.69 Å². The van der Waals surface area contributed by atoms with E-state index in [0.717, 1.165) is 5.56 Å². The van der Waals surface area contributed by atoms with E-state index in [4.69, 9.17) is 4.74 Å². The molecule has 22 heavy (non-hydrogen) atoms. The number of benzene rings is 1. The molecule has 1 aromatic heterocycles. The molecule has 1 heterocycles. The number of hydrogen-bond acceptors (Lipinski definition) is 4. The summed E-state index contributed by atoms with van der Waals surface area (Å²) in [4.78, 5) is 27.5. The molecule has 0 unspecified atom stereocenters. The molecule has 0 aliphatic heterocycles. The Morgan fingerprint density at radius 1 is 1.27 bits per heavy atom. The molecule has 5 nitrogen and oxygen atoms in total. The number of anilines is 1. The van der Waals surface area contributed by atoms with Crippen LogP contribution in [-0.2, 0) is 9.53 Å². The fraction of sp³-hybridized carbons (Fsp3) is 0.118. The van der Waals surface area contributed by atoms with Crippen LogP contribution in [0.25, 0.3) is 6.08 Å². The summed E-state index contributed by atoms with van der Waals surface area (Å²) in [6, 6.07) is 10.2. The number of hydrogen-bond donors (Lipinski definition) is 1. The van der Waals surface area contributed by atoms with Crippen LogP contribution >= 0.6 is 0 Å². The van der Waals surface area contributed by atoms with Gasteiger partial charge in [-0.2, -0.15) is 0 Å². The van der Waals surface area contributed by atoms with Gasteiger partial charge in [0.25, 0.3) is 0 Å². The smallest absolute Gasteiger partial charge is 0.338 e. The summed E-state index contributed by atoms with van der Waals surface area (Å²) >= 11 is 0. The summed E-state index contributed by atoms with van der Waals surface area (Å²) in [6.07, 6.45) is 6.40. The lowest BCUT2D eigenvalue weighted by atomic mass is 10.2. The average molecular weight is 296 g/mol. The molecule has 0 atom stereocenters. The zero-order valence-electron chi connectivity index (χ0n) is 12.2. The highest BCUT2D eigenvalue weighted by molar-refractivity contribution is 6.02. The first-order valence-corrected chi connectivity index (χ1v) is 6.85. The van der Waals surface area contributed by atoms with Crippen LogP contribution in [0.3, 0.4) is 0 Å². The second kappa shape index (κ2) is 7.73. The number of aromatic nitrogens is 1. The third-order valence-corrected chi connectivity index (χ3v) is 2.75. The molecule has 1 aromatic carbocycles. The van der Waals surface area contributed by atoms with Crippen LogP contribution in [0.15, 0.2) is 54.9 Å². The molecule has 1 N–H and O–H groups in total. The topological polar surface area (TPSA) is 68.3 Å². The fourth-order valence-corrected chi connectivity index (χ4v) is 1.77. The molecule has 0 bridgehead atoms. The second-order valence-corrected chi connectivity index (χ2v) is 4.41. The zero-order chi connectivity index (χ0) is 15.8. The van der Waals surface area contributed by atoms with E-state index < -0.39 is 5.97 Å². The maximum atomic E-state index is 11.9. The number of pyridine rings is 1. The Morgan fingerprint density at radius 3 is 2.86 bits per heavy atom. The lowest BCUT2D eigenvalue weighted by Crippen LogP contribution is -2.09. The number of ether oxygens (including phenoxy) is 1. The van der Waals surface area contributed by atoms with Gasteiger partial charge in [-0.1, -0.05) is 12.1 Å². The van der Waals surface area contributed by atoms with Crippen molar-refractivity contribution in [1.29, 1.82) is 0 Å². The van der Waals surface area contributed by atoms with E-state index in [1.807, 2.05) is 6.07 Å². The Labute approximate surface area is 128 Å². The van der Waals surface area contributed by atoms with Crippen molar-refractivity contribution < 1.29 is 14.3 Å². The Balaban J connectivity index is 2.01. The number of carbonyl (C=O) groups excluding carboxylic acids is 2. The number of nitrogens with one attached hydrogen (secondary N) is 1. The zero-order valence-corrected chi connectivity index (χ0v) is 12.2. The first kappa shape index (κ1) is 15.4. The number of rotatable bonds is 5. The first-order chi connectivity index (χ1) is 10.7. The molecule has 5 heteroatoms. The Kier molecular flexibility index (Phi) is 5.43. The van der Waals surface area contributed by atoms with Gasteiger partial charge >= 0.3 is 5.97 Å². The van der Waals surface area contributed by atoms with Gasteiger partial charge in [-0.3, -0.25) is 9.78 Å². The number of carbonyl (C=O) groups is 2. The second-order valence-electron chi connectivity index (χ2n) is 4.41. The molecule has 2 aromatic rings. The van der Waals surface area contributed by atoms with Gasteiger partial charge in [0.15, 0.2) is 0 Å². The Hall–Kier alpha value is -2.95. The fourth-order valence-electron chi connectivity index (χ4n) is 1.77. The van der Waals surface area contributed by atoms with Crippen molar-refractivity contribution in [3.63, 3.8) is 0 Å². The summed E-state index contributed by atoms with van der Waals surface area (Å²) in [5, 5.41) is 2.70. The van der Waals surface area contributed by atoms with Gasteiger partial charge in [0, 0.05) is 24.2 Å². The highest BCUT2D eigenvalue weighted by Gasteiger charge is 2.07. The molecule has 1 amide bonds. The SMILES string of the molecule is CCOC(=O)c1cccc(NC(=O)/C=C/c2cccnc2)c1. The van der Waals surface area contributed by atoms with Crippen LogP contribution in [0.1, 0.15) is 22.8 Å². The summed E-state index contributed by atoms with van der Waals surface area (Å²) < 4.78 is 4.92. The van der Waals surface area contributed by atoms with Gasteiger partial charge in [-0.05, 0) is 42.8 Å². The summed E-state index contributed by atoms with van der Waals surface area (Å²) in [5.74, 6) is -0.700. The van der Waals surface area contributed by atoms with Crippen LogP contribution in [0.2, 0.25) is 0 Å². The quantitative estimate of drug-likeness (QED) is 0.680. The largest absolute Gasteiger partial charge is 0.462 e. The Bertz CT molecular complexity index is 681. The minimum Gasteiger partial charge on any atom is -0.462 e. The average Bonchev–Trinajstić information content (AvgIpc) is 2.54. The van der Waals surface area contributed by atoms with E-state index in [1.165, 1.54) is 6.08 Å². The summed E-state index contributed by atoms with van der Waals surface area (Å²) in [5.41, 5.74) is 1.76. The third kappa shape index (κ3) is 4.56. The van der Waals surface area contributed by atoms with E-state index in [0.29, 0.717) is 17.9 Å². The highest BCUT2D eigenvalue weighted by atomic mass is 16.5. The van der Waals surface area contributed by atoms with Crippen molar-refractivity contribution in [3.8, 4) is 0 Å². The van der Waals surface area contributed by atoms with E-state index in [9.17, 15) is 9.59 Å². The molecule has 2 rings (SSSR count). The normalized spacial score (nSPS) is 10.4. The summed E-state index contributed by atoms with van der Waals surface area (Å²) in [7, 11) is 0. The van der Waals surface area contributed by atoms with Crippen molar-refractivity contribution in [3.05, 3.63) is 66.0 Å². The summed E-state index contributed by atoms with van der Waals surface area (Å²) in [6.45, 7) is 2.05. The molecule has 0 spiro atoms. The maximum absolute atomic E-state index is 11.9. The van der Waals surface area contributed by atoms with Gasteiger partial charge in [0.1, 0.15) is 0 Å².